The van der Waals surface area contributed by atoms with Crippen molar-refractivity contribution in [2.75, 3.05) is 0 Å². The Balaban J connectivity index is 2.78. The zero-order valence-corrected chi connectivity index (χ0v) is 8.02. The Hall–Kier alpha value is -0.570. The highest BCUT2D eigenvalue weighted by Gasteiger charge is 2.46. The van der Waals surface area contributed by atoms with Crippen LogP contribution in [0.1, 0.15) is 6.92 Å². The first-order valence-electron chi connectivity index (χ1n) is 4.42. The van der Waals surface area contributed by atoms with Crippen molar-refractivity contribution in [1.82, 2.24) is 0 Å². The van der Waals surface area contributed by atoms with E-state index < -0.39 is 42.6 Å². The molecule has 1 aliphatic heterocycles. The van der Waals surface area contributed by atoms with Gasteiger partial charge in [0.15, 0.2) is 12.1 Å². The third-order valence-electron chi connectivity index (χ3n) is 2.35. The fourth-order valence-corrected chi connectivity index (χ4v) is 1.38. The SMILES string of the molecule is CC(=O)C(O)[C@H]1O[C@H](O)[C@@H](O)[C@@H](O)[C@@H]1O. The molecule has 0 radical (unpaired) electrons. The summed E-state index contributed by atoms with van der Waals surface area (Å²) in [6.45, 7) is 1.07. The van der Waals surface area contributed by atoms with E-state index in [4.69, 9.17) is 10.2 Å². The molecule has 1 rings (SSSR count). The number of hydrogen-bond donors (Lipinski definition) is 5. The maximum absolute atomic E-state index is 10.8. The molecule has 0 aromatic rings. The third kappa shape index (κ3) is 2.33. The van der Waals surface area contributed by atoms with Crippen LogP contribution in [-0.4, -0.2) is 68.1 Å². The van der Waals surface area contributed by atoms with Crippen molar-refractivity contribution in [2.24, 2.45) is 0 Å². The molecule has 1 heterocycles. The number of ketones is 1. The lowest BCUT2D eigenvalue weighted by atomic mass is 9.94. The van der Waals surface area contributed by atoms with Crippen LogP contribution < -0.4 is 0 Å². The molecule has 0 amide bonds. The summed E-state index contributed by atoms with van der Waals surface area (Å²) in [7, 11) is 0. The van der Waals surface area contributed by atoms with Gasteiger partial charge >= 0.3 is 0 Å². The smallest absolute Gasteiger partial charge is 0.184 e. The van der Waals surface area contributed by atoms with Crippen molar-refractivity contribution >= 4 is 5.78 Å². The van der Waals surface area contributed by atoms with Crippen LogP contribution in [0, 0.1) is 0 Å². The van der Waals surface area contributed by atoms with E-state index in [1.54, 1.807) is 0 Å². The molecule has 0 saturated carbocycles. The first kappa shape index (κ1) is 12.5. The van der Waals surface area contributed by atoms with E-state index in [1.807, 2.05) is 0 Å². The number of rotatable bonds is 2. The molecule has 1 saturated heterocycles. The topological polar surface area (TPSA) is 127 Å². The summed E-state index contributed by atoms with van der Waals surface area (Å²) in [5.41, 5.74) is 0. The molecule has 0 aliphatic carbocycles. The fourth-order valence-electron chi connectivity index (χ4n) is 1.38. The van der Waals surface area contributed by atoms with Gasteiger partial charge in [0.1, 0.15) is 30.5 Å². The molecule has 7 nitrogen and oxygen atoms in total. The fraction of sp³-hybridized carbons (Fsp3) is 0.875. The highest BCUT2D eigenvalue weighted by Crippen LogP contribution is 2.22. The Morgan fingerprint density at radius 1 is 1.13 bits per heavy atom. The Kier molecular flexibility index (Phi) is 3.77. The average molecular weight is 222 g/mol. The minimum Gasteiger partial charge on any atom is -0.387 e. The number of Topliss-reactive ketones (excluding diaryl/α,β-unsaturated/α-hetero) is 1. The molecule has 15 heavy (non-hydrogen) atoms. The average Bonchev–Trinajstić information content (AvgIpc) is 2.19. The lowest BCUT2D eigenvalue weighted by Crippen LogP contribution is -2.61. The summed E-state index contributed by atoms with van der Waals surface area (Å²) >= 11 is 0. The van der Waals surface area contributed by atoms with Gasteiger partial charge in [0.2, 0.25) is 0 Å². The van der Waals surface area contributed by atoms with Gasteiger partial charge in [0, 0.05) is 0 Å². The van der Waals surface area contributed by atoms with E-state index in [0.29, 0.717) is 0 Å². The highest BCUT2D eigenvalue weighted by atomic mass is 16.6. The van der Waals surface area contributed by atoms with Gasteiger partial charge in [-0.05, 0) is 6.92 Å². The van der Waals surface area contributed by atoms with E-state index in [-0.39, 0.29) is 0 Å². The van der Waals surface area contributed by atoms with Crippen LogP contribution in [0.25, 0.3) is 0 Å². The molecule has 0 bridgehead atoms. The molecular formula is C8H14O7. The molecule has 0 aromatic heterocycles. The number of aliphatic hydroxyl groups excluding tert-OH is 5. The van der Waals surface area contributed by atoms with Crippen molar-refractivity contribution in [3.63, 3.8) is 0 Å². The maximum Gasteiger partial charge on any atom is 0.184 e. The summed E-state index contributed by atoms with van der Waals surface area (Å²) in [6.07, 6.45) is -9.83. The van der Waals surface area contributed by atoms with Gasteiger partial charge < -0.3 is 30.3 Å². The highest BCUT2D eigenvalue weighted by molar-refractivity contribution is 5.80. The number of carbonyl (C=O) groups is 1. The van der Waals surface area contributed by atoms with Crippen molar-refractivity contribution in [3.05, 3.63) is 0 Å². The van der Waals surface area contributed by atoms with E-state index >= 15 is 0 Å². The standard InChI is InChI=1S/C8H14O7/c1-2(9)3(10)7-5(12)4(11)6(13)8(14)15-7/h3-8,10-14H,1H3/t3?,4-,5-,6-,7+,8-/m0/s1. The summed E-state index contributed by atoms with van der Waals surface area (Å²) in [4.78, 5) is 10.8. The second-order valence-corrected chi connectivity index (χ2v) is 3.52. The van der Waals surface area contributed by atoms with E-state index in [9.17, 15) is 20.1 Å². The number of carbonyl (C=O) groups excluding carboxylic acids is 1. The van der Waals surface area contributed by atoms with Crippen molar-refractivity contribution in [1.29, 1.82) is 0 Å². The summed E-state index contributed by atoms with van der Waals surface area (Å²) in [5.74, 6) is -0.671. The van der Waals surface area contributed by atoms with Crippen LogP contribution in [0.15, 0.2) is 0 Å². The number of hydrogen-bond acceptors (Lipinski definition) is 7. The van der Waals surface area contributed by atoms with E-state index in [2.05, 4.69) is 4.74 Å². The van der Waals surface area contributed by atoms with Gasteiger partial charge in [0.05, 0.1) is 0 Å². The minimum atomic E-state index is -1.75. The molecule has 6 atom stereocenters. The maximum atomic E-state index is 10.8. The summed E-state index contributed by atoms with van der Waals surface area (Å²) < 4.78 is 4.63. The van der Waals surface area contributed by atoms with Gasteiger partial charge in [-0.1, -0.05) is 0 Å². The van der Waals surface area contributed by atoms with Crippen LogP contribution in [0.3, 0.4) is 0 Å². The van der Waals surface area contributed by atoms with Crippen LogP contribution >= 0.6 is 0 Å². The number of aliphatic hydroxyl groups is 5. The second kappa shape index (κ2) is 4.52. The Morgan fingerprint density at radius 3 is 2.13 bits per heavy atom. The molecule has 1 aliphatic rings. The zero-order chi connectivity index (χ0) is 11.7. The molecule has 1 unspecified atom stereocenters. The van der Waals surface area contributed by atoms with Crippen LogP contribution in [-0.2, 0) is 9.53 Å². The van der Waals surface area contributed by atoms with Crippen LogP contribution in [0.2, 0.25) is 0 Å². The summed E-state index contributed by atoms with van der Waals surface area (Å²) in [6, 6.07) is 0. The van der Waals surface area contributed by atoms with Gasteiger partial charge in [-0.25, -0.2) is 0 Å². The van der Waals surface area contributed by atoms with Gasteiger partial charge in [-0.15, -0.1) is 0 Å². The Bertz CT molecular complexity index is 243. The third-order valence-corrected chi connectivity index (χ3v) is 2.35. The number of ether oxygens (including phenoxy) is 1. The molecule has 5 N–H and O–H groups in total. The molecule has 88 valence electrons. The second-order valence-electron chi connectivity index (χ2n) is 3.52. The Labute approximate surface area is 85.5 Å². The lowest BCUT2D eigenvalue weighted by Gasteiger charge is -2.39. The predicted molar refractivity (Wildman–Crippen MR) is 45.6 cm³/mol. The molecule has 0 aromatic carbocycles. The molecule has 1 fully saturated rings. The van der Waals surface area contributed by atoms with Crippen molar-refractivity contribution in [2.45, 2.75) is 43.7 Å². The first-order valence-corrected chi connectivity index (χ1v) is 4.42. The van der Waals surface area contributed by atoms with Crippen LogP contribution in [0.4, 0.5) is 0 Å². The predicted octanol–water partition coefficient (Wildman–Crippen LogP) is -3.26. The quantitative estimate of drug-likeness (QED) is 0.332. The summed E-state index contributed by atoms with van der Waals surface area (Å²) in [5, 5.41) is 46.2. The van der Waals surface area contributed by atoms with Gasteiger partial charge in [-0.2, -0.15) is 0 Å². The van der Waals surface area contributed by atoms with Crippen molar-refractivity contribution in [3.8, 4) is 0 Å². The molecule has 7 heteroatoms. The van der Waals surface area contributed by atoms with E-state index in [0.717, 1.165) is 6.92 Å². The zero-order valence-electron chi connectivity index (χ0n) is 8.02. The minimum absolute atomic E-state index is 0.671. The largest absolute Gasteiger partial charge is 0.387 e. The van der Waals surface area contributed by atoms with E-state index in [1.165, 1.54) is 0 Å². The normalized spacial score (nSPS) is 43.7. The van der Waals surface area contributed by atoms with Gasteiger partial charge in [0.25, 0.3) is 0 Å². The van der Waals surface area contributed by atoms with Gasteiger partial charge in [-0.3, -0.25) is 4.79 Å². The lowest BCUT2D eigenvalue weighted by molar-refractivity contribution is -0.293. The van der Waals surface area contributed by atoms with Crippen LogP contribution in [0.5, 0.6) is 0 Å². The Morgan fingerprint density at radius 2 is 1.67 bits per heavy atom. The molecular weight excluding hydrogens is 208 g/mol. The van der Waals surface area contributed by atoms with Crippen molar-refractivity contribution < 1.29 is 35.1 Å². The first-order chi connectivity index (χ1) is 6.86. The molecule has 0 spiro atoms. The monoisotopic (exact) mass is 222 g/mol.